The number of carbonyl (C=O) groups excluding carboxylic acids is 1. The Hall–Kier alpha value is -1.90. The molecule has 2 nitrogen and oxygen atoms in total. The Bertz CT molecular complexity index is 644. The zero-order chi connectivity index (χ0) is 14.1. The summed E-state index contributed by atoms with van der Waals surface area (Å²) in [5.41, 5.74) is 0.608. The highest BCUT2D eigenvalue weighted by atomic mass is 19.1. The van der Waals surface area contributed by atoms with Crippen LogP contribution in [-0.2, 0) is 0 Å². The maximum Gasteiger partial charge on any atom is 0.254 e. The Morgan fingerprint density at radius 1 is 1.10 bits per heavy atom. The second-order valence-electron chi connectivity index (χ2n) is 5.62. The Labute approximate surface area is 118 Å². The summed E-state index contributed by atoms with van der Waals surface area (Å²) in [6.07, 6.45) is 2.09. The van der Waals surface area contributed by atoms with E-state index in [0.29, 0.717) is 22.3 Å². The van der Waals surface area contributed by atoms with Gasteiger partial charge < -0.3 is 4.90 Å². The van der Waals surface area contributed by atoms with E-state index in [4.69, 9.17) is 0 Å². The average Bonchev–Trinajstić information content (AvgIpc) is 2.48. The normalized spacial score (nSPS) is 16.6. The van der Waals surface area contributed by atoms with Crippen molar-refractivity contribution in [3.8, 4) is 0 Å². The predicted octanol–water partition coefficient (Wildman–Crippen LogP) is 3.85. The van der Waals surface area contributed by atoms with Gasteiger partial charge in [-0.05, 0) is 36.3 Å². The van der Waals surface area contributed by atoms with Crippen molar-refractivity contribution < 1.29 is 9.18 Å². The first-order chi connectivity index (χ1) is 9.66. The van der Waals surface area contributed by atoms with Gasteiger partial charge in [-0.3, -0.25) is 4.79 Å². The lowest BCUT2D eigenvalue weighted by Crippen LogP contribution is -2.38. The molecule has 0 N–H and O–H groups in total. The minimum Gasteiger partial charge on any atom is -0.339 e. The van der Waals surface area contributed by atoms with Gasteiger partial charge in [-0.15, -0.1) is 0 Å². The first-order valence-corrected chi connectivity index (χ1v) is 7.13. The molecule has 1 saturated heterocycles. The summed E-state index contributed by atoms with van der Waals surface area (Å²) in [4.78, 5) is 14.5. The molecule has 3 heteroatoms. The van der Waals surface area contributed by atoms with E-state index in [1.165, 1.54) is 6.07 Å². The number of nitrogens with zero attached hydrogens (tertiary/aromatic N) is 1. The van der Waals surface area contributed by atoms with Crippen molar-refractivity contribution in [1.29, 1.82) is 0 Å². The molecule has 2 aromatic carbocycles. The summed E-state index contributed by atoms with van der Waals surface area (Å²) in [5.74, 6) is 0.432. The summed E-state index contributed by atoms with van der Waals surface area (Å²) in [7, 11) is 0. The molecular weight excluding hydrogens is 253 g/mol. The van der Waals surface area contributed by atoms with Gasteiger partial charge in [0.1, 0.15) is 5.82 Å². The largest absolute Gasteiger partial charge is 0.339 e. The standard InChI is InChI=1S/C17H18FNO/c1-12-8-10-19(11-9-12)17(20)15-6-7-16(18)14-5-3-2-4-13(14)15/h2-7,12H,8-11H2,1H3. The van der Waals surface area contributed by atoms with E-state index < -0.39 is 0 Å². The number of fused-ring (bicyclic) bond motifs is 1. The number of hydrogen-bond donors (Lipinski definition) is 0. The van der Waals surface area contributed by atoms with Gasteiger partial charge in [0.2, 0.25) is 0 Å². The topological polar surface area (TPSA) is 20.3 Å². The number of rotatable bonds is 1. The lowest BCUT2D eigenvalue weighted by Gasteiger charge is -2.30. The molecule has 0 radical (unpaired) electrons. The zero-order valence-corrected chi connectivity index (χ0v) is 11.6. The van der Waals surface area contributed by atoms with Crippen molar-refractivity contribution >= 4 is 16.7 Å². The fraction of sp³-hybridized carbons (Fsp3) is 0.353. The Morgan fingerprint density at radius 3 is 2.45 bits per heavy atom. The highest BCUT2D eigenvalue weighted by Crippen LogP contribution is 2.25. The van der Waals surface area contributed by atoms with E-state index in [-0.39, 0.29) is 11.7 Å². The fourth-order valence-corrected chi connectivity index (χ4v) is 2.83. The van der Waals surface area contributed by atoms with Crippen LogP contribution < -0.4 is 0 Å². The highest BCUT2D eigenvalue weighted by molar-refractivity contribution is 6.07. The number of likely N-dealkylation sites (tertiary alicyclic amines) is 1. The van der Waals surface area contributed by atoms with Crippen LogP contribution in [0.4, 0.5) is 4.39 Å². The van der Waals surface area contributed by atoms with Gasteiger partial charge in [0, 0.05) is 24.0 Å². The van der Waals surface area contributed by atoms with Gasteiger partial charge in [0.25, 0.3) is 5.91 Å². The molecular formula is C17H18FNO. The molecule has 20 heavy (non-hydrogen) atoms. The average molecular weight is 271 g/mol. The molecule has 1 aliphatic rings. The molecule has 3 rings (SSSR count). The number of hydrogen-bond acceptors (Lipinski definition) is 1. The van der Waals surface area contributed by atoms with Crippen molar-refractivity contribution in [1.82, 2.24) is 4.90 Å². The maximum atomic E-state index is 13.8. The van der Waals surface area contributed by atoms with E-state index in [1.807, 2.05) is 17.0 Å². The van der Waals surface area contributed by atoms with Crippen LogP contribution in [0.3, 0.4) is 0 Å². The van der Waals surface area contributed by atoms with Crippen LogP contribution in [0, 0.1) is 11.7 Å². The van der Waals surface area contributed by atoms with Crippen LogP contribution in [0.2, 0.25) is 0 Å². The quantitative estimate of drug-likeness (QED) is 0.771. The van der Waals surface area contributed by atoms with Crippen molar-refractivity contribution in [2.75, 3.05) is 13.1 Å². The van der Waals surface area contributed by atoms with Crippen molar-refractivity contribution in [3.05, 3.63) is 47.8 Å². The minimum absolute atomic E-state index is 0.0214. The van der Waals surface area contributed by atoms with Crippen LogP contribution in [0.1, 0.15) is 30.1 Å². The van der Waals surface area contributed by atoms with Crippen LogP contribution in [0.15, 0.2) is 36.4 Å². The third kappa shape index (κ3) is 2.28. The summed E-state index contributed by atoms with van der Waals surface area (Å²) >= 11 is 0. The zero-order valence-electron chi connectivity index (χ0n) is 11.6. The van der Waals surface area contributed by atoms with E-state index in [9.17, 15) is 9.18 Å². The van der Waals surface area contributed by atoms with Crippen molar-refractivity contribution in [2.24, 2.45) is 5.92 Å². The predicted molar refractivity (Wildman–Crippen MR) is 78.2 cm³/mol. The van der Waals surface area contributed by atoms with Gasteiger partial charge >= 0.3 is 0 Å². The lowest BCUT2D eigenvalue weighted by molar-refractivity contribution is 0.0699. The molecule has 2 aromatic rings. The fourth-order valence-electron chi connectivity index (χ4n) is 2.83. The Balaban J connectivity index is 1.98. The second-order valence-corrected chi connectivity index (χ2v) is 5.62. The second kappa shape index (κ2) is 5.23. The molecule has 104 valence electrons. The number of piperidine rings is 1. The van der Waals surface area contributed by atoms with E-state index >= 15 is 0 Å². The van der Waals surface area contributed by atoms with Gasteiger partial charge in [-0.25, -0.2) is 4.39 Å². The molecule has 0 bridgehead atoms. The van der Waals surface area contributed by atoms with E-state index in [0.717, 1.165) is 25.9 Å². The molecule has 1 amide bonds. The minimum atomic E-state index is -0.274. The van der Waals surface area contributed by atoms with E-state index in [1.54, 1.807) is 18.2 Å². The van der Waals surface area contributed by atoms with Gasteiger partial charge in [-0.1, -0.05) is 31.2 Å². The maximum absolute atomic E-state index is 13.8. The van der Waals surface area contributed by atoms with E-state index in [2.05, 4.69) is 6.92 Å². The van der Waals surface area contributed by atoms with Crippen LogP contribution >= 0.6 is 0 Å². The first-order valence-electron chi connectivity index (χ1n) is 7.13. The molecule has 1 aliphatic heterocycles. The highest BCUT2D eigenvalue weighted by Gasteiger charge is 2.23. The van der Waals surface area contributed by atoms with Gasteiger partial charge in [-0.2, -0.15) is 0 Å². The molecule has 0 aromatic heterocycles. The smallest absolute Gasteiger partial charge is 0.254 e. The first kappa shape index (κ1) is 13.1. The number of halogens is 1. The van der Waals surface area contributed by atoms with Crippen LogP contribution in [0.5, 0.6) is 0 Å². The summed E-state index contributed by atoms with van der Waals surface area (Å²) in [5, 5.41) is 1.22. The lowest BCUT2D eigenvalue weighted by atomic mass is 9.97. The van der Waals surface area contributed by atoms with Crippen LogP contribution in [0.25, 0.3) is 10.8 Å². The molecule has 0 atom stereocenters. The summed E-state index contributed by atoms with van der Waals surface area (Å²) in [6.45, 7) is 3.81. The van der Waals surface area contributed by atoms with Gasteiger partial charge in [0.05, 0.1) is 0 Å². The number of carbonyl (C=O) groups is 1. The van der Waals surface area contributed by atoms with Crippen molar-refractivity contribution in [2.45, 2.75) is 19.8 Å². The monoisotopic (exact) mass is 271 g/mol. The Kier molecular flexibility index (Phi) is 3.43. The molecule has 0 unspecified atom stereocenters. The molecule has 0 aliphatic carbocycles. The summed E-state index contributed by atoms with van der Waals surface area (Å²) < 4.78 is 13.8. The molecule has 1 fully saturated rings. The summed E-state index contributed by atoms with van der Waals surface area (Å²) in [6, 6.07) is 10.2. The molecule has 0 saturated carbocycles. The number of amides is 1. The molecule has 1 heterocycles. The third-order valence-corrected chi connectivity index (χ3v) is 4.17. The van der Waals surface area contributed by atoms with Crippen LogP contribution in [-0.4, -0.2) is 23.9 Å². The SMILES string of the molecule is CC1CCN(C(=O)c2ccc(F)c3ccccc23)CC1. The number of benzene rings is 2. The third-order valence-electron chi connectivity index (χ3n) is 4.17. The molecule has 0 spiro atoms. The Morgan fingerprint density at radius 2 is 1.75 bits per heavy atom. The van der Waals surface area contributed by atoms with Gasteiger partial charge in [0.15, 0.2) is 0 Å². The van der Waals surface area contributed by atoms with Crippen molar-refractivity contribution in [3.63, 3.8) is 0 Å².